The number of likely N-dealkylation sites (N-methyl/N-ethyl adjacent to an activating group) is 1. The van der Waals surface area contributed by atoms with Gasteiger partial charge in [0.25, 0.3) is 0 Å². The fourth-order valence-electron chi connectivity index (χ4n) is 1.70. The smallest absolute Gasteiger partial charge is 0.176 e. The average molecular weight is 278 g/mol. The topological polar surface area (TPSA) is 30.5 Å². The van der Waals surface area contributed by atoms with E-state index in [1.165, 1.54) is 0 Å². The first-order valence-electron chi connectivity index (χ1n) is 5.38. The van der Waals surface area contributed by atoms with Gasteiger partial charge in [0.1, 0.15) is 0 Å². The number of hydrogen-bond acceptors (Lipinski definition) is 3. The van der Waals surface area contributed by atoms with Crippen LogP contribution in [-0.2, 0) is 9.47 Å². The molecule has 0 bridgehead atoms. The molecule has 0 fully saturated rings. The van der Waals surface area contributed by atoms with Crippen molar-refractivity contribution in [2.24, 2.45) is 0 Å². The standard InChI is InChI=1S/C12H17Cl2NO2/c1-4-15-11(12(16-2)17-3)8-6-5-7-9(13)10(8)14/h5-7,11-12,15H,4H2,1-3H3. The molecule has 96 valence electrons. The molecule has 17 heavy (non-hydrogen) atoms. The van der Waals surface area contributed by atoms with Crippen molar-refractivity contribution < 1.29 is 9.47 Å². The molecule has 1 rings (SSSR count). The summed E-state index contributed by atoms with van der Waals surface area (Å²) in [6.07, 6.45) is -0.411. The maximum absolute atomic E-state index is 6.20. The third kappa shape index (κ3) is 3.57. The lowest BCUT2D eigenvalue weighted by molar-refractivity contribution is -0.123. The summed E-state index contributed by atoms with van der Waals surface area (Å²) in [5.41, 5.74) is 0.870. The number of benzene rings is 1. The van der Waals surface area contributed by atoms with Gasteiger partial charge in [-0.15, -0.1) is 0 Å². The lowest BCUT2D eigenvalue weighted by Gasteiger charge is -2.26. The summed E-state index contributed by atoms with van der Waals surface area (Å²) in [4.78, 5) is 0. The second-order valence-corrected chi connectivity index (χ2v) is 4.30. The Hall–Kier alpha value is -0.320. The first kappa shape index (κ1) is 14.7. The van der Waals surface area contributed by atoms with E-state index < -0.39 is 6.29 Å². The van der Waals surface area contributed by atoms with Crippen molar-refractivity contribution in [3.05, 3.63) is 33.8 Å². The van der Waals surface area contributed by atoms with Crippen molar-refractivity contribution in [2.45, 2.75) is 19.3 Å². The van der Waals surface area contributed by atoms with Gasteiger partial charge >= 0.3 is 0 Å². The van der Waals surface area contributed by atoms with Crippen molar-refractivity contribution in [1.82, 2.24) is 5.32 Å². The molecule has 1 N–H and O–H groups in total. The summed E-state index contributed by atoms with van der Waals surface area (Å²) in [5, 5.41) is 4.33. The number of halogens is 2. The van der Waals surface area contributed by atoms with Crippen LogP contribution in [0.2, 0.25) is 10.0 Å². The second kappa shape index (κ2) is 7.19. The summed E-state index contributed by atoms with van der Waals surface area (Å²) in [5.74, 6) is 0. The third-order valence-electron chi connectivity index (χ3n) is 2.48. The van der Waals surface area contributed by atoms with E-state index in [0.717, 1.165) is 12.1 Å². The van der Waals surface area contributed by atoms with Crippen molar-refractivity contribution in [3.63, 3.8) is 0 Å². The van der Waals surface area contributed by atoms with Crippen LogP contribution in [0.1, 0.15) is 18.5 Å². The Balaban J connectivity index is 3.08. The minimum Gasteiger partial charge on any atom is -0.354 e. The van der Waals surface area contributed by atoms with Crippen LogP contribution >= 0.6 is 23.2 Å². The van der Waals surface area contributed by atoms with Crippen LogP contribution in [0, 0.1) is 0 Å². The number of ether oxygens (including phenoxy) is 2. The molecule has 1 aromatic rings. The number of nitrogens with one attached hydrogen (secondary N) is 1. The SMILES string of the molecule is CCNC(c1cccc(Cl)c1Cl)C(OC)OC. The van der Waals surface area contributed by atoms with Gasteiger partial charge in [-0.3, -0.25) is 0 Å². The minimum absolute atomic E-state index is 0.152. The lowest BCUT2D eigenvalue weighted by Crippen LogP contribution is -2.34. The summed E-state index contributed by atoms with van der Waals surface area (Å²) >= 11 is 12.2. The van der Waals surface area contributed by atoms with Crippen LogP contribution in [0.3, 0.4) is 0 Å². The van der Waals surface area contributed by atoms with Gasteiger partial charge in [0.2, 0.25) is 0 Å². The molecule has 5 heteroatoms. The van der Waals surface area contributed by atoms with Crippen molar-refractivity contribution in [1.29, 1.82) is 0 Å². The highest BCUT2D eigenvalue weighted by atomic mass is 35.5. The highest BCUT2D eigenvalue weighted by molar-refractivity contribution is 6.42. The third-order valence-corrected chi connectivity index (χ3v) is 3.31. The zero-order valence-electron chi connectivity index (χ0n) is 10.2. The Morgan fingerprint density at radius 1 is 1.24 bits per heavy atom. The Labute approximate surface area is 112 Å². The summed E-state index contributed by atoms with van der Waals surface area (Å²) in [6.45, 7) is 2.78. The molecular formula is C12H17Cl2NO2. The maximum atomic E-state index is 6.20. The molecule has 1 aromatic carbocycles. The van der Waals surface area contributed by atoms with Gasteiger partial charge in [-0.25, -0.2) is 0 Å². The lowest BCUT2D eigenvalue weighted by atomic mass is 10.1. The van der Waals surface area contributed by atoms with Gasteiger partial charge in [-0.2, -0.15) is 0 Å². The Bertz CT molecular complexity index is 356. The summed E-state index contributed by atoms with van der Waals surface area (Å²) < 4.78 is 10.6. The predicted molar refractivity (Wildman–Crippen MR) is 70.7 cm³/mol. The van der Waals surface area contributed by atoms with Crippen LogP contribution in [0.5, 0.6) is 0 Å². The fourth-order valence-corrected chi connectivity index (χ4v) is 2.13. The van der Waals surface area contributed by atoms with Crippen LogP contribution in [0.25, 0.3) is 0 Å². The van der Waals surface area contributed by atoms with E-state index in [4.69, 9.17) is 32.7 Å². The molecule has 1 unspecified atom stereocenters. The highest BCUT2D eigenvalue weighted by Gasteiger charge is 2.24. The molecule has 0 aliphatic carbocycles. The van der Waals surface area contributed by atoms with Crippen molar-refractivity contribution in [2.75, 3.05) is 20.8 Å². The molecular weight excluding hydrogens is 261 g/mol. The van der Waals surface area contributed by atoms with Gasteiger partial charge in [0.15, 0.2) is 6.29 Å². The first-order chi connectivity index (χ1) is 8.15. The summed E-state index contributed by atoms with van der Waals surface area (Å²) in [6, 6.07) is 5.37. The Morgan fingerprint density at radius 3 is 2.41 bits per heavy atom. The summed E-state index contributed by atoms with van der Waals surface area (Å²) in [7, 11) is 3.19. The van der Waals surface area contributed by atoms with Gasteiger partial charge in [0.05, 0.1) is 16.1 Å². The number of hydrogen-bond donors (Lipinski definition) is 1. The van der Waals surface area contributed by atoms with E-state index in [-0.39, 0.29) is 6.04 Å². The second-order valence-electron chi connectivity index (χ2n) is 3.52. The molecule has 0 heterocycles. The molecule has 0 amide bonds. The maximum Gasteiger partial charge on any atom is 0.176 e. The van der Waals surface area contributed by atoms with E-state index in [2.05, 4.69) is 5.32 Å². The molecule has 0 saturated heterocycles. The minimum atomic E-state index is -0.411. The molecule has 0 spiro atoms. The normalized spacial score (nSPS) is 13.1. The van der Waals surface area contributed by atoms with Crippen LogP contribution in [-0.4, -0.2) is 27.1 Å². The molecule has 0 saturated carbocycles. The Morgan fingerprint density at radius 2 is 1.88 bits per heavy atom. The highest BCUT2D eigenvalue weighted by Crippen LogP contribution is 2.32. The molecule has 0 radical (unpaired) electrons. The largest absolute Gasteiger partial charge is 0.354 e. The van der Waals surface area contributed by atoms with Crippen LogP contribution < -0.4 is 5.32 Å². The van der Waals surface area contributed by atoms with E-state index >= 15 is 0 Å². The monoisotopic (exact) mass is 277 g/mol. The zero-order valence-corrected chi connectivity index (χ0v) is 11.7. The quantitative estimate of drug-likeness (QED) is 0.810. The van der Waals surface area contributed by atoms with Gasteiger partial charge < -0.3 is 14.8 Å². The molecule has 1 atom stereocenters. The average Bonchev–Trinajstić information content (AvgIpc) is 2.33. The molecule has 0 aromatic heterocycles. The van der Waals surface area contributed by atoms with Crippen LogP contribution in [0.15, 0.2) is 18.2 Å². The first-order valence-corrected chi connectivity index (χ1v) is 6.14. The van der Waals surface area contributed by atoms with Crippen LogP contribution in [0.4, 0.5) is 0 Å². The molecule has 0 aliphatic heterocycles. The van der Waals surface area contributed by atoms with Gasteiger partial charge in [-0.1, -0.05) is 42.3 Å². The van der Waals surface area contributed by atoms with Gasteiger partial charge in [0, 0.05) is 14.2 Å². The zero-order chi connectivity index (χ0) is 12.8. The van der Waals surface area contributed by atoms with E-state index in [0.29, 0.717) is 10.0 Å². The van der Waals surface area contributed by atoms with E-state index in [9.17, 15) is 0 Å². The fraction of sp³-hybridized carbons (Fsp3) is 0.500. The van der Waals surface area contributed by atoms with E-state index in [1.807, 2.05) is 19.1 Å². The van der Waals surface area contributed by atoms with Gasteiger partial charge in [-0.05, 0) is 18.2 Å². The Kier molecular flexibility index (Phi) is 6.23. The van der Waals surface area contributed by atoms with E-state index in [1.54, 1.807) is 20.3 Å². The molecule has 3 nitrogen and oxygen atoms in total. The number of rotatable bonds is 6. The number of methoxy groups -OCH3 is 2. The predicted octanol–water partition coefficient (Wildman–Crippen LogP) is 3.26. The van der Waals surface area contributed by atoms with Crippen molar-refractivity contribution in [3.8, 4) is 0 Å². The molecule has 0 aliphatic rings. The van der Waals surface area contributed by atoms with Crippen molar-refractivity contribution >= 4 is 23.2 Å².